The minimum Gasteiger partial charge on any atom is -0.341 e. The predicted octanol–water partition coefficient (Wildman–Crippen LogP) is 1.06. The second kappa shape index (κ2) is 4.73. The van der Waals surface area contributed by atoms with Crippen molar-refractivity contribution in [1.29, 1.82) is 5.26 Å². The summed E-state index contributed by atoms with van der Waals surface area (Å²) in [6, 6.07) is 1.56. The fourth-order valence-corrected chi connectivity index (χ4v) is 0.703. The molecule has 0 radical (unpaired) electrons. The molecule has 0 aliphatic heterocycles. The van der Waals surface area contributed by atoms with E-state index in [1.807, 2.05) is 19.9 Å². The molecule has 0 rings (SSSR count). The van der Waals surface area contributed by atoms with Crippen LogP contribution in [0.2, 0.25) is 0 Å². The molecule has 0 aromatic rings. The zero-order valence-electron chi connectivity index (χ0n) is 7.22. The van der Waals surface area contributed by atoms with Crippen LogP contribution in [0.3, 0.4) is 0 Å². The number of nitrogens with one attached hydrogen (secondary N) is 1. The Morgan fingerprint density at radius 3 is 2.45 bits per heavy atom. The van der Waals surface area contributed by atoms with Gasteiger partial charge in [-0.1, -0.05) is 13.8 Å². The van der Waals surface area contributed by atoms with E-state index in [1.54, 1.807) is 6.92 Å². The summed E-state index contributed by atoms with van der Waals surface area (Å²) in [6.07, 6.45) is 0.492. The third kappa shape index (κ3) is 5.41. The summed E-state index contributed by atoms with van der Waals surface area (Å²) in [5.41, 5.74) is 0. The van der Waals surface area contributed by atoms with Crippen LogP contribution in [0, 0.1) is 17.2 Å². The van der Waals surface area contributed by atoms with Gasteiger partial charge in [-0.3, -0.25) is 4.79 Å². The Morgan fingerprint density at radius 2 is 2.09 bits per heavy atom. The lowest BCUT2D eigenvalue weighted by molar-refractivity contribution is -0.122. The topological polar surface area (TPSA) is 52.9 Å². The van der Waals surface area contributed by atoms with Crippen LogP contribution < -0.4 is 5.32 Å². The Balaban J connectivity index is 3.63. The standard InChI is InChI=1S/C8H14N2O/c1-6(2)4-8(11)10-7(3)5-9/h6-7H,4H2,1-3H3,(H,10,11). The van der Waals surface area contributed by atoms with Crippen molar-refractivity contribution in [2.45, 2.75) is 33.2 Å². The molecule has 1 unspecified atom stereocenters. The summed E-state index contributed by atoms with van der Waals surface area (Å²) in [6.45, 7) is 5.60. The van der Waals surface area contributed by atoms with E-state index >= 15 is 0 Å². The molecular weight excluding hydrogens is 140 g/mol. The molecule has 0 spiro atoms. The summed E-state index contributed by atoms with van der Waals surface area (Å²) < 4.78 is 0. The van der Waals surface area contributed by atoms with Crippen molar-refractivity contribution in [3.05, 3.63) is 0 Å². The van der Waals surface area contributed by atoms with Gasteiger partial charge in [-0.25, -0.2) is 0 Å². The Morgan fingerprint density at radius 1 is 1.55 bits per heavy atom. The van der Waals surface area contributed by atoms with Gasteiger partial charge in [-0.2, -0.15) is 5.26 Å². The zero-order valence-corrected chi connectivity index (χ0v) is 7.22. The molecule has 1 N–H and O–H groups in total. The second-order valence-corrected chi connectivity index (χ2v) is 3.02. The molecule has 0 aromatic carbocycles. The Kier molecular flexibility index (Phi) is 4.28. The first kappa shape index (κ1) is 9.96. The molecule has 0 aliphatic carbocycles. The van der Waals surface area contributed by atoms with E-state index in [0.29, 0.717) is 12.3 Å². The normalized spacial score (nSPS) is 12.3. The molecular formula is C8H14N2O. The van der Waals surface area contributed by atoms with Crippen LogP contribution >= 0.6 is 0 Å². The van der Waals surface area contributed by atoms with Crippen molar-refractivity contribution in [1.82, 2.24) is 5.32 Å². The van der Waals surface area contributed by atoms with Crippen molar-refractivity contribution >= 4 is 5.91 Å². The molecule has 0 heterocycles. The van der Waals surface area contributed by atoms with Gasteiger partial charge in [0.05, 0.1) is 6.07 Å². The van der Waals surface area contributed by atoms with Gasteiger partial charge in [0.15, 0.2) is 0 Å². The van der Waals surface area contributed by atoms with Crippen LogP contribution in [0.1, 0.15) is 27.2 Å². The van der Waals surface area contributed by atoms with E-state index in [-0.39, 0.29) is 11.9 Å². The maximum Gasteiger partial charge on any atom is 0.221 e. The number of carbonyl (C=O) groups is 1. The third-order valence-electron chi connectivity index (χ3n) is 1.16. The quantitative estimate of drug-likeness (QED) is 0.660. The van der Waals surface area contributed by atoms with Crippen LogP contribution in [-0.2, 0) is 4.79 Å². The fraction of sp³-hybridized carbons (Fsp3) is 0.750. The van der Waals surface area contributed by atoms with E-state index < -0.39 is 0 Å². The second-order valence-electron chi connectivity index (χ2n) is 3.02. The number of amides is 1. The molecule has 62 valence electrons. The molecule has 3 heteroatoms. The number of rotatable bonds is 3. The maximum absolute atomic E-state index is 11.0. The molecule has 0 aliphatic rings. The van der Waals surface area contributed by atoms with Crippen LogP contribution in [-0.4, -0.2) is 11.9 Å². The minimum atomic E-state index is -0.374. The van der Waals surface area contributed by atoms with Gasteiger partial charge in [-0.15, -0.1) is 0 Å². The van der Waals surface area contributed by atoms with E-state index in [9.17, 15) is 4.79 Å². The summed E-state index contributed by atoms with van der Waals surface area (Å²) in [5.74, 6) is 0.301. The number of nitrogens with zero attached hydrogens (tertiary/aromatic N) is 1. The molecule has 0 aromatic heterocycles. The number of hydrogen-bond acceptors (Lipinski definition) is 2. The summed E-state index contributed by atoms with van der Waals surface area (Å²) in [7, 11) is 0. The van der Waals surface area contributed by atoms with Crippen molar-refractivity contribution in [3.63, 3.8) is 0 Å². The third-order valence-corrected chi connectivity index (χ3v) is 1.16. The molecule has 11 heavy (non-hydrogen) atoms. The molecule has 0 fully saturated rings. The SMILES string of the molecule is CC(C)CC(=O)NC(C)C#N. The van der Waals surface area contributed by atoms with E-state index in [2.05, 4.69) is 5.32 Å². The lowest BCUT2D eigenvalue weighted by atomic mass is 10.1. The lowest BCUT2D eigenvalue weighted by Gasteiger charge is -2.07. The molecule has 0 saturated carbocycles. The molecule has 1 amide bonds. The zero-order chi connectivity index (χ0) is 8.85. The number of carbonyl (C=O) groups excluding carboxylic acids is 1. The average molecular weight is 154 g/mol. The van der Waals surface area contributed by atoms with Crippen LogP contribution in [0.5, 0.6) is 0 Å². The first-order chi connectivity index (χ1) is 5.06. The van der Waals surface area contributed by atoms with Crippen molar-refractivity contribution in [2.75, 3.05) is 0 Å². The predicted molar refractivity (Wildman–Crippen MR) is 42.7 cm³/mol. The average Bonchev–Trinajstić information content (AvgIpc) is 1.85. The largest absolute Gasteiger partial charge is 0.341 e. The Labute approximate surface area is 67.4 Å². The summed E-state index contributed by atoms with van der Waals surface area (Å²) in [5, 5.41) is 10.9. The van der Waals surface area contributed by atoms with Gasteiger partial charge in [-0.05, 0) is 12.8 Å². The highest BCUT2D eigenvalue weighted by Gasteiger charge is 2.06. The molecule has 0 bridgehead atoms. The first-order valence-electron chi connectivity index (χ1n) is 3.75. The van der Waals surface area contributed by atoms with Crippen LogP contribution in [0.4, 0.5) is 0 Å². The van der Waals surface area contributed by atoms with Gasteiger partial charge in [0.2, 0.25) is 5.91 Å². The summed E-state index contributed by atoms with van der Waals surface area (Å²) in [4.78, 5) is 11.0. The minimum absolute atomic E-state index is 0.0472. The summed E-state index contributed by atoms with van der Waals surface area (Å²) >= 11 is 0. The van der Waals surface area contributed by atoms with Gasteiger partial charge in [0.1, 0.15) is 6.04 Å². The van der Waals surface area contributed by atoms with Gasteiger partial charge < -0.3 is 5.32 Å². The fourth-order valence-electron chi connectivity index (χ4n) is 0.703. The highest BCUT2D eigenvalue weighted by molar-refractivity contribution is 5.76. The highest BCUT2D eigenvalue weighted by Crippen LogP contribution is 1.98. The van der Waals surface area contributed by atoms with Gasteiger partial charge in [0, 0.05) is 6.42 Å². The van der Waals surface area contributed by atoms with Gasteiger partial charge >= 0.3 is 0 Å². The monoisotopic (exact) mass is 154 g/mol. The van der Waals surface area contributed by atoms with E-state index in [0.717, 1.165) is 0 Å². The Bertz CT molecular complexity index is 169. The molecule has 3 nitrogen and oxygen atoms in total. The highest BCUT2D eigenvalue weighted by atomic mass is 16.1. The van der Waals surface area contributed by atoms with Crippen molar-refractivity contribution < 1.29 is 4.79 Å². The van der Waals surface area contributed by atoms with Crippen molar-refractivity contribution in [3.8, 4) is 6.07 Å². The first-order valence-corrected chi connectivity index (χ1v) is 3.75. The van der Waals surface area contributed by atoms with Gasteiger partial charge in [0.25, 0.3) is 0 Å². The Hall–Kier alpha value is -1.04. The number of hydrogen-bond donors (Lipinski definition) is 1. The van der Waals surface area contributed by atoms with Crippen molar-refractivity contribution in [2.24, 2.45) is 5.92 Å². The number of nitriles is 1. The van der Waals surface area contributed by atoms with E-state index in [4.69, 9.17) is 5.26 Å². The van der Waals surface area contributed by atoms with E-state index in [1.165, 1.54) is 0 Å². The molecule has 1 atom stereocenters. The smallest absolute Gasteiger partial charge is 0.221 e. The van der Waals surface area contributed by atoms with Crippen LogP contribution in [0.25, 0.3) is 0 Å². The molecule has 0 saturated heterocycles. The maximum atomic E-state index is 11.0. The lowest BCUT2D eigenvalue weighted by Crippen LogP contribution is -2.31. The van der Waals surface area contributed by atoms with Crippen LogP contribution in [0.15, 0.2) is 0 Å².